The molecule has 2 aromatic carbocycles. The van der Waals surface area contributed by atoms with Crippen molar-refractivity contribution in [1.82, 2.24) is 20.6 Å². The van der Waals surface area contributed by atoms with Gasteiger partial charge < -0.3 is 34.3 Å². The molecule has 1 fully saturated rings. The fourth-order valence-electron chi connectivity index (χ4n) is 5.93. The second kappa shape index (κ2) is 20.5. The van der Waals surface area contributed by atoms with Crippen LogP contribution in [0.2, 0.25) is 0 Å². The van der Waals surface area contributed by atoms with E-state index in [1.54, 1.807) is 31.2 Å². The molecule has 0 bridgehead atoms. The van der Waals surface area contributed by atoms with Gasteiger partial charge in [-0.2, -0.15) is 0 Å². The van der Waals surface area contributed by atoms with Crippen molar-refractivity contribution >= 4 is 34.3 Å². The van der Waals surface area contributed by atoms with Gasteiger partial charge in [0.15, 0.2) is 5.52 Å². The second-order valence-electron chi connectivity index (χ2n) is 12.9. The maximum Gasteiger partial charge on any atom is 0.331 e. The lowest BCUT2D eigenvalue weighted by Crippen LogP contribution is -2.55. The molecule has 2 aromatic heterocycles. The first kappa shape index (κ1) is 41.1. The van der Waals surface area contributed by atoms with E-state index in [0.29, 0.717) is 64.2 Å². The molecule has 4 aromatic rings. The standard InChI is InChI=1S/C38H47FN6O10/c1-3-38(37(47)54-4-2,42-36(46)31-12-11-29(27-7-8-27)32(41-31)25-26-5-9-28(39)10-6-26)15-17-50-19-21-52-23-24-53-22-20-51-18-16-40-30-13-14-33(45(48)49)35-34(30)43-55-44-35/h5-6,9-14,27,40H,3-4,7-8,15-25H2,1-2H3,(H,42,46). The van der Waals surface area contributed by atoms with Crippen LogP contribution in [0.5, 0.6) is 0 Å². The number of nitrogens with zero attached hydrogens (tertiary/aromatic N) is 4. The van der Waals surface area contributed by atoms with Crippen molar-refractivity contribution in [2.24, 2.45) is 0 Å². The summed E-state index contributed by atoms with van der Waals surface area (Å²) in [5, 5.41) is 24.5. The minimum absolute atomic E-state index is 0.0751. The third-order valence-corrected chi connectivity index (χ3v) is 9.11. The summed E-state index contributed by atoms with van der Waals surface area (Å²) in [7, 11) is 0. The van der Waals surface area contributed by atoms with Gasteiger partial charge in [-0.25, -0.2) is 18.8 Å². The normalized spacial score (nSPS) is 13.7. The van der Waals surface area contributed by atoms with Gasteiger partial charge in [-0.15, -0.1) is 0 Å². The maximum atomic E-state index is 13.6. The third-order valence-electron chi connectivity index (χ3n) is 9.11. The summed E-state index contributed by atoms with van der Waals surface area (Å²) in [6.07, 6.45) is 3.04. The topological polar surface area (TPSA) is 199 Å². The number of carbonyl (C=O) groups excluding carboxylic acids is 2. The van der Waals surface area contributed by atoms with Gasteiger partial charge in [-0.05, 0) is 77.8 Å². The number of ether oxygens (including phenoxy) is 5. The quantitative estimate of drug-likeness (QED) is 0.0389. The van der Waals surface area contributed by atoms with E-state index in [2.05, 4.69) is 25.6 Å². The van der Waals surface area contributed by atoms with Crippen LogP contribution in [0.15, 0.2) is 53.2 Å². The van der Waals surface area contributed by atoms with Crippen molar-refractivity contribution < 1.29 is 47.2 Å². The fraction of sp³-hybridized carbons (Fsp3) is 0.500. The summed E-state index contributed by atoms with van der Waals surface area (Å²) in [5.74, 6) is -0.950. The molecule has 1 amide bonds. The minimum Gasteiger partial charge on any atom is -0.464 e. The molecule has 1 atom stereocenters. The zero-order chi connectivity index (χ0) is 39.0. The predicted octanol–water partition coefficient (Wildman–Crippen LogP) is 5.14. The number of fused-ring (bicyclic) bond motifs is 1. The molecule has 1 aliphatic carbocycles. The lowest BCUT2D eigenvalue weighted by Gasteiger charge is -2.31. The molecule has 296 valence electrons. The summed E-state index contributed by atoms with van der Waals surface area (Å²) in [6, 6.07) is 12.8. The Morgan fingerprint density at radius 3 is 2.18 bits per heavy atom. The molecule has 0 spiro atoms. The molecule has 1 unspecified atom stereocenters. The van der Waals surface area contributed by atoms with Gasteiger partial charge in [-0.1, -0.05) is 25.1 Å². The monoisotopic (exact) mass is 766 g/mol. The SMILES string of the molecule is CCOC(=O)C(CC)(CCOCCOCCOCCOCCNc1ccc([N+](=O)[O-])c2nonc12)NC(=O)c1ccc(C2CC2)c(Cc2ccc(F)cc2)n1. The van der Waals surface area contributed by atoms with E-state index in [4.69, 9.17) is 28.7 Å². The molecular formula is C38H47FN6O10. The number of amides is 1. The van der Waals surface area contributed by atoms with E-state index in [1.165, 1.54) is 18.2 Å². The highest BCUT2D eigenvalue weighted by Crippen LogP contribution is 2.41. The van der Waals surface area contributed by atoms with Crippen molar-refractivity contribution in [1.29, 1.82) is 0 Å². The van der Waals surface area contributed by atoms with E-state index >= 15 is 0 Å². The Kier molecular flexibility index (Phi) is 15.3. The molecular weight excluding hydrogens is 719 g/mol. The number of carbonyl (C=O) groups is 2. The van der Waals surface area contributed by atoms with Crippen molar-refractivity contribution in [2.45, 2.75) is 57.4 Å². The molecule has 0 saturated heterocycles. The first-order valence-corrected chi connectivity index (χ1v) is 18.4. The highest BCUT2D eigenvalue weighted by Gasteiger charge is 2.40. The number of hydrogen-bond donors (Lipinski definition) is 2. The Morgan fingerprint density at radius 2 is 1.55 bits per heavy atom. The number of nitro groups is 1. The Hall–Kier alpha value is -5.10. The van der Waals surface area contributed by atoms with Crippen LogP contribution in [0.4, 0.5) is 15.8 Å². The van der Waals surface area contributed by atoms with Gasteiger partial charge in [0.25, 0.3) is 5.91 Å². The molecule has 0 radical (unpaired) electrons. The maximum absolute atomic E-state index is 13.6. The summed E-state index contributed by atoms with van der Waals surface area (Å²) >= 11 is 0. The summed E-state index contributed by atoms with van der Waals surface area (Å²) in [6.45, 7) is 6.66. The molecule has 2 heterocycles. The van der Waals surface area contributed by atoms with Crippen molar-refractivity contribution in [2.75, 3.05) is 71.3 Å². The third kappa shape index (κ3) is 11.7. The van der Waals surface area contributed by atoms with Gasteiger partial charge in [0, 0.05) is 37.8 Å². The molecule has 0 aliphatic heterocycles. The van der Waals surface area contributed by atoms with Crippen LogP contribution >= 0.6 is 0 Å². The number of aromatic nitrogens is 3. The first-order chi connectivity index (χ1) is 26.7. The number of esters is 1. The number of hydrogen-bond acceptors (Lipinski definition) is 14. The Balaban J connectivity index is 0.976. The number of anilines is 1. The molecule has 55 heavy (non-hydrogen) atoms. The predicted molar refractivity (Wildman–Crippen MR) is 197 cm³/mol. The first-order valence-electron chi connectivity index (χ1n) is 18.4. The van der Waals surface area contributed by atoms with Gasteiger partial charge in [0.2, 0.25) is 5.52 Å². The van der Waals surface area contributed by atoms with Gasteiger partial charge >= 0.3 is 11.7 Å². The summed E-state index contributed by atoms with van der Waals surface area (Å²) in [5.41, 5.74) is 2.33. The largest absolute Gasteiger partial charge is 0.464 e. The van der Waals surface area contributed by atoms with Crippen LogP contribution in [-0.2, 0) is 34.9 Å². The van der Waals surface area contributed by atoms with E-state index in [1.807, 2.05) is 13.0 Å². The fourth-order valence-corrected chi connectivity index (χ4v) is 5.93. The van der Waals surface area contributed by atoms with Crippen molar-refractivity contribution in [3.63, 3.8) is 0 Å². The van der Waals surface area contributed by atoms with Crippen LogP contribution in [0, 0.1) is 15.9 Å². The van der Waals surface area contributed by atoms with Crippen LogP contribution in [0.1, 0.15) is 72.8 Å². The number of nitrogens with one attached hydrogen (secondary N) is 2. The molecule has 1 saturated carbocycles. The van der Waals surface area contributed by atoms with E-state index in [0.717, 1.165) is 29.7 Å². The number of nitro benzene ring substituents is 1. The van der Waals surface area contributed by atoms with Gasteiger partial charge in [-0.3, -0.25) is 14.9 Å². The highest BCUT2D eigenvalue weighted by molar-refractivity contribution is 5.97. The highest BCUT2D eigenvalue weighted by atomic mass is 19.1. The Bertz CT molecular complexity index is 1870. The van der Waals surface area contributed by atoms with Crippen LogP contribution < -0.4 is 10.6 Å². The molecule has 16 nitrogen and oxygen atoms in total. The Labute approximate surface area is 317 Å². The molecule has 2 N–H and O–H groups in total. The number of non-ortho nitro benzene ring substituents is 1. The van der Waals surface area contributed by atoms with Crippen LogP contribution in [0.3, 0.4) is 0 Å². The molecule has 1 aliphatic rings. The zero-order valence-corrected chi connectivity index (χ0v) is 31.1. The van der Waals surface area contributed by atoms with E-state index in [9.17, 15) is 24.1 Å². The van der Waals surface area contributed by atoms with Crippen molar-refractivity contribution in [3.8, 4) is 0 Å². The Morgan fingerprint density at radius 1 is 0.891 bits per heavy atom. The number of benzene rings is 2. The molecule has 17 heteroatoms. The lowest BCUT2D eigenvalue weighted by atomic mass is 9.91. The lowest BCUT2D eigenvalue weighted by molar-refractivity contribution is -0.383. The van der Waals surface area contributed by atoms with E-state index in [-0.39, 0.29) is 60.9 Å². The summed E-state index contributed by atoms with van der Waals surface area (Å²) < 4.78 is 46.0. The second-order valence-corrected chi connectivity index (χ2v) is 12.9. The minimum atomic E-state index is -1.32. The van der Waals surface area contributed by atoms with Crippen LogP contribution in [-0.4, -0.2) is 104 Å². The van der Waals surface area contributed by atoms with Gasteiger partial charge in [0.1, 0.15) is 17.1 Å². The number of rotatable bonds is 25. The van der Waals surface area contributed by atoms with E-state index < -0.39 is 22.3 Å². The average Bonchev–Trinajstić information content (AvgIpc) is 3.91. The zero-order valence-electron chi connectivity index (χ0n) is 31.1. The van der Waals surface area contributed by atoms with Crippen LogP contribution in [0.25, 0.3) is 11.0 Å². The van der Waals surface area contributed by atoms with Gasteiger partial charge in [0.05, 0.1) is 63.5 Å². The summed E-state index contributed by atoms with van der Waals surface area (Å²) in [4.78, 5) is 42.1. The number of pyridine rings is 1. The average molecular weight is 767 g/mol. The van der Waals surface area contributed by atoms with Crippen molar-refractivity contribution in [3.05, 3.63) is 87.0 Å². The number of halogens is 1. The smallest absolute Gasteiger partial charge is 0.331 e. The molecule has 5 rings (SSSR count).